The van der Waals surface area contributed by atoms with E-state index in [2.05, 4.69) is 47.8 Å². The summed E-state index contributed by atoms with van der Waals surface area (Å²) in [7, 11) is 0. The van der Waals surface area contributed by atoms with E-state index >= 15 is 0 Å². The molecule has 168 valence electrons. The van der Waals surface area contributed by atoms with Gasteiger partial charge in [0, 0.05) is 27.6 Å². The van der Waals surface area contributed by atoms with Crippen LogP contribution in [0.5, 0.6) is 0 Å². The van der Waals surface area contributed by atoms with Crippen LogP contribution >= 0.6 is 11.8 Å². The summed E-state index contributed by atoms with van der Waals surface area (Å²) in [6.45, 7) is 0.718. The van der Waals surface area contributed by atoms with Gasteiger partial charge in [0.05, 0.1) is 12.1 Å². The SMILES string of the molecule is OCc1ccccc1Sc1ccccc1CNc1nc(C2CCCCC2)nc2ccccc12. The van der Waals surface area contributed by atoms with E-state index < -0.39 is 0 Å². The highest BCUT2D eigenvalue weighted by Crippen LogP contribution is 2.35. The molecule has 0 radical (unpaired) electrons. The lowest BCUT2D eigenvalue weighted by atomic mass is 9.88. The molecule has 1 aliphatic rings. The minimum absolute atomic E-state index is 0.0421. The van der Waals surface area contributed by atoms with Gasteiger partial charge in [-0.15, -0.1) is 0 Å². The van der Waals surface area contributed by atoms with Crippen molar-refractivity contribution in [3.63, 3.8) is 0 Å². The second kappa shape index (κ2) is 10.4. The van der Waals surface area contributed by atoms with Gasteiger partial charge in [0.2, 0.25) is 0 Å². The molecule has 0 aliphatic heterocycles. The molecule has 0 spiro atoms. The first-order valence-corrected chi connectivity index (χ1v) is 12.6. The fourth-order valence-corrected chi connectivity index (χ4v) is 5.62. The molecule has 1 heterocycles. The number of aromatic nitrogens is 2. The van der Waals surface area contributed by atoms with Gasteiger partial charge in [-0.2, -0.15) is 0 Å². The third-order valence-corrected chi connectivity index (χ3v) is 7.61. The molecular formula is C28H29N3OS. The van der Waals surface area contributed by atoms with Crippen molar-refractivity contribution >= 4 is 28.5 Å². The maximum absolute atomic E-state index is 9.71. The number of hydrogen-bond acceptors (Lipinski definition) is 5. The summed E-state index contributed by atoms with van der Waals surface area (Å²) in [5.74, 6) is 2.36. The van der Waals surface area contributed by atoms with E-state index in [0.29, 0.717) is 12.5 Å². The molecule has 2 N–H and O–H groups in total. The molecule has 0 amide bonds. The van der Waals surface area contributed by atoms with Crippen molar-refractivity contribution in [3.8, 4) is 0 Å². The molecule has 0 saturated heterocycles. The molecule has 33 heavy (non-hydrogen) atoms. The largest absolute Gasteiger partial charge is 0.392 e. The van der Waals surface area contributed by atoms with Gasteiger partial charge in [0.25, 0.3) is 0 Å². The fraction of sp³-hybridized carbons (Fsp3) is 0.286. The second-order valence-corrected chi connectivity index (χ2v) is 9.70. The number of fused-ring (bicyclic) bond motifs is 1. The van der Waals surface area contributed by atoms with E-state index in [1.54, 1.807) is 11.8 Å². The van der Waals surface area contributed by atoms with Crippen molar-refractivity contribution in [2.45, 2.75) is 61.0 Å². The molecule has 0 atom stereocenters. The second-order valence-electron chi connectivity index (χ2n) is 8.61. The molecule has 1 saturated carbocycles. The normalized spacial score (nSPS) is 14.5. The van der Waals surface area contributed by atoms with E-state index in [0.717, 1.165) is 33.0 Å². The Morgan fingerprint density at radius 1 is 0.788 bits per heavy atom. The molecule has 0 unspecified atom stereocenters. The van der Waals surface area contributed by atoms with Crippen molar-refractivity contribution < 1.29 is 5.11 Å². The molecule has 1 aliphatic carbocycles. The summed E-state index contributed by atoms with van der Waals surface area (Å²) in [5.41, 5.74) is 3.16. The summed E-state index contributed by atoms with van der Waals surface area (Å²) in [6.07, 6.45) is 6.22. The monoisotopic (exact) mass is 455 g/mol. The Bertz CT molecular complexity index is 1240. The molecule has 4 nitrogen and oxygen atoms in total. The minimum atomic E-state index is 0.0421. The van der Waals surface area contributed by atoms with Gasteiger partial charge < -0.3 is 10.4 Å². The Kier molecular flexibility index (Phi) is 6.89. The van der Waals surface area contributed by atoms with Crippen molar-refractivity contribution in [2.75, 3.05) is 5.32 Å². The molecular weight excluding hydrogens is 426 g/mol. The first-order valence-electron chi connectivity index (χ1n) is 11.8. The van der Waals surface area contributed by atoms with E-state index in [9.17, 15) is 5.11 Å². The predicted octanol–water partition coefficient (Wildman–Crippen LogP) is 6.93. The van der Waals surface area contributed by atoms with E-state index in [-0.39, 0.29) is 6.61 Å². The van der Waals surface area contributed by atoms with Crippen LogP contribution in [0.2, 0.25) is 0 Å². The molecule has 3 aromatic carbocycles. The van der Waals surface area contributed by atoms with Crippen LogP contribution in [0.25, 0.3) is 10.9 Å². The molecule has 0 bridgehead atoms. The number of nitrogens with zero attached hydrogens (tertiary/aromatic N) is 2. The molecule has 5 rings (SSSR count). The Labute approximate surface area is 199 Å². The smallest absolute Gasteiger partial charge is 0.137 e. The van der Waals surface area contributed by atoms with Gasteiger partial charge in [-0.1, -0.05) is 79.6 Å². The van der Waals surface area contributed by atoms with Crippen LogP contribution in [0.4, 0.5) is 5.82 Å². The Morgan fingerprint density at radius 2 is 1.45 bits per heavy atom. The van der Waals surface area contributed by atoms with Crippen molar-refractivity contribution in [1.29, 1.82) is 0 Å². The summed E-state index contributed by atoms with van der Waals surface area (Å²) in [6, 6.07) is 24.7. The van der Waals surface area contributed by atoms with Crippen LogP contribution in [0.1, 0.15) is 55.0 Å². The van der Waals surface area contributed by atoms with Gasteiger partial charge >= 0.3 is 0 Å². The Hall–Kier alpha value is -2.89. The summed E-state index contributed by atoms with van der Waals surface area (Å²) >= 11 is 1.70. The first-order chi connectivity index (χ1) is 16.3. The average molecular weight is 456 g/mol. The van der Waals surface area contributed by atoms with Gasteiger partial charge in [-0.25, -0.2) is 9.97 Å². The Morgan fingerprint density at radius 3 is 2.24 bits per heavy atom. The lowest BCUT2D eigenvalue weighted by molar-refractivity contribution is 0.279. The van der Waals surface area contributed by atoms with Crippen molar-refractivity contribution in [2.24, 2.45) is 0 Å². The number of anilines is 1. The first kappa shape index (κ1) is 21.9. The van der Waals surface area contributed by atoms with Crippen molar-refractivity contribution in [1.82, 2.24) is 9.97 Å². The standard InChI is InChI=1S/C28H29N3OS/c32-19-22-13-5-9-17-26(22)33-25-16-8-4-12-21(25)18-29-28-23-14-6-7-15-24(23)30-27(31-28)20-10-2-1-3-11-20/h4-9,12-17,20,32H,1-3,10-11,18-19H2,(H,29,30,31). The molecule has 5 heteroatoms. The Balaban J connectivity index is 1.42. The van der Waals surface area contributed by atoms with E-state index in [4.69, 9.17) is 9.97 Å². The van der Waals surface area contributed by atoms with Crippen LogP contribution in [0.15, 0.2) is 82.6 Å². The zero-order chi connectivity index (χ0) is 22.5. The maximum atomic E-state index is 9.71. The van der Waals surface area contributed by atoms with E-state index in [1.807, 2.05) is 30.3 Å². The molecule has 1 aromatic heterocycles. The number of aliphatic hydroxyl groups excluding tert-OH is 1. The van der Waals surface area contributed by atoms with Crippen LogP contribution in [-0.4, -0.2) is 15.1 Å². The minimum Gasteiger partial charge on any atom is -0.392 e. The van der Waals surface area contributed by atoms with Crippen LogP contribution in [0.3, 0.4) is 0 Å². The quantitative estimate of drug-likeness (QED) is 0.316. The number of para-hydroxylation sites is 1. The highest BCUT2D eigenvalue weighted by molar-refractivity contribution is 7.99. The molecule has 1 fully saturated rings. The summed E-state index contributed by atoms with van der Waals surface area (Å²) < 4.78 is 0. The summed E-state index contributed by atoms with van der Waals surface area (Å²) in [5, 5.41) is 14.4. The lowest BCUT2D eigenvalue weighted by Gasteiger charge is -2.21. The van der Waals surface area contributed by atoms with Gasteiger partial charge in [0.1, 0.15) is 11.6 Å². The zero-order valence-electron chi connectivity index (χ0n) is 18.7. The van der Waals surface area contributed by atoms with Crippen LogP contribution in [-0.2, 0) is 13.2 Å². The maximum Gasteiger partial charge on any atom is 0.137 e. The number of nitrogens with one attached hydrogen (secondary N) is 1. The molecule has 4 aromatic rings. The number of benzene rings is 3. The number of rotatable bonds is 7. The number of hydrogen-bond donors (Lipinski definition) is 2. The summed E-state index contributed by atoms with van der Waals surface area (Å²) in [4.78, 5) is 12.2. The van der Waals surface area contributed by atoms with Gasteiger partial charge in [-0.3, -0.25) is 0 Å². The number of aliphatic hydroxyl groups is 1. The predicted molar refractivity (Wildman–Crippen MR) is 136 cm³/mol. The third-order valence-electron chi connectivity index (χ3n) is 6.37. The topological polar surface area (TPSA) is 58.0 Å². The van der Waals surface area contributed by atoms with Crippen molar-refractivity contribution in [3.05, 3.63) is 89.7 Å². The highest BCUT2D eigenvalue weighted by atomic mass is 32.2. The highest BCUT2D eigenvalue weighted by Gasteiger charge is 2.20. The van der Waals surface area contributed by atoms with Gasteiger partial charge in [-0.05, 0) is 48.2 Å². The zero-order valence-corrected chi connectivity index (χ0v) is 19.5. The lowest BCUT2D eigenvalue weighted by Crippen LogP contribution is -2.11. The van der Waals surface area contributed by atoms with Crippen LogP contribution in [0, 0.1) is 0 Å². The third kappa shape index (κ3) is 5.05. The average Bonchev–Trinajstić information content (AvgIpc) is 2.88. The van der Waals surface area contributed by atoms with Gasteiger partial charge in [0.15, 0.2) is 0 Å². The fourth-order valence-electron chi connectivity index (χ4n) is 4.55. The van der Waals surface area contributed by atoms with E-state index in [1.165, 1.54) is 42.6 Å². The van der Waals surface area contributed by atoms with Crippen LogP contribution < -0.4 is 5.32 Å².